The molecule has 0 aromatic heterocycles. The van der Waals surface area contributed by atoms with Crippen molar-refractivity contribution < 1.29 is 24.1 Å². The molecule has 0 heterocycles. The first kappa shape index (κ1) is 14.3. The normalized spacial score (nSPS) is 10.9. The minimum atomic E-state index is -0.764. The highest BCUT2D eigenvalue weighted by atomic mass is 16.6. The first-order valence-corrected chi connectivity index (χ1v) is 5.02. The molecule has 5 nitrogen and oxygen atoms in total. The molecule has 0 aliphatic carbocycles. The van der Waals surface area contributed by atoms with Crippen LogP contribution in [0.25, 0.3) is 0 Å². The molecule has 0 spiro atoms. The third-order valence-electron chi connectivity index (χ3n) is 1.84. The molecule has 0 rings (SSSR count). The molecule has 0 unspecified atom stereocenters. The van der Waals surface area contributed by atoms with E-state index in [1.807, 2.05) is 0 Å². The Kier molecular flexibility index (Phi) is 9.46. The third-order valence-corrected chi connectivity index (χ3v) is 1.84. The summed E-state index contributed by atoms with van der Waals surface area (Å²) < 4.78 is 15.4. The average molecular weight is 220 g/mol. The Hall–Kier alpha value is -0.650. The van der Waals surface area contributed by atoms with Crippen LogP contribution in [0.15, 0.2) is 0 Å². The molecule has 5 heteroatoms. The Bertz CT molecular complexity index is 154. The maximum atomic E-state index is 10.2. The molecule has 0 aromatic rings. The zero-order valence-electron chi connectivity index (χ0n) is 9.40. The maximum absolute atomic E-state index is 10.2. The molecular weight excluding hydrogens is 200 g/mol. The first-order chi connectivity index (χ1) is 7.20. The van der Waals surface area contributed by atoms with E-state index in [4.69, 9.17) is 19.3 Å². The Labute approximate surface area is 90.3 Å². The van der Waals surface area contributed by atoms with Crippen LogP contribution < -0.4 is 0 Å². The average Bonchev–Trinajstić information content (AvgIpc) is 2.17. The molecular formula is C10H20O5. The van der Waals surface area contributed by atoms with Crippen molar-refractivity contribution in [2.75, 3.05) is 34.0 Å². The van der Waals surface area contributed by atoms with Gasteiger partial charge in [-0.25, -0.2) is 0 Å². The zero-order valence-corrected chi connectivity index (χ0v) is 9.40. The topological polar surface area (TPSA) is 65.0 Å². The molecule has 90 valence electrons. The summed E-state index contributed by atoms with van der Waals surface area (Å²) in [4.78, 5) is 10.2. The van der Waals surface area contributed by atoms with Crippen LogP contribution in [0, 0.1) is 0 Å². The van der Waals surface area contributed by atoms with Gasteiger partial charge in [0.25, 0.3) is 0 Å². The second kappa shape index (κ2) is 9.89. The Balaban J connectivity index is 3.39. The largest absolute Gasteiger partial charge is 0.481 e. The SMILES string of the molecule is COCC(COC)OCCCCC(=O)O. The standard InChI is InChI=1S/C10H20O5/c1-13-7-9(8-14-2)15-6-4-3-5-10(11)12/h9H,3-8H2,1-2H3,(H,11,12). The van der Waals surface area contributed by atoms with E-state index in [-0.39, 0.29) is 12.5 Å². The second-order valence-electron chi connectivity index (χ2n) is 3.25. The van der Waals surface area contributed by atoms with Gasteiger partial charge in [-0.15, -0.1) is 0 Å². The van der Waals surface area contributed by atoms with Crippen molar-refractivity contribution in [2.45, 2.75) is 25.4 Å². The quantitative estimate of drug-likeness (QED) is 0.554. The van der Waals surface area contributed by atoms with Crippen LogP contribution in [0.2, 0.25) is 0 Å². The number of hydrogen-bond donors (Lipinski definition) is 1. The van der Waals surface area contributed by atoms with Gasteiger partial charge in [0.2, 0.25) is 0 Å². The van der Waals surface area contributed by atoms with Gasteiger partial charge < -0.3 is 19.3 Å². The lowest BCUT2D eigenvalue weighted by Crippen LogP contribution is -2.25. The van der Waals surface area contributed by atoms with Crippen molar-refractivity contribution in [3.05, 3.63) is 0 Å². The number of hydrogen-bond acceptors (Lipinski definition) is 4. The molecule has 1 N–H and O–H groups in total. The van der Waals surface area contributed by atoms with Crippen LogP contribution in [0.3, 0.4) is 0 Å². The molecule has 0 atom stereocenters. The van der Waals surface area contributed by atoms with E-state index < -0.39 is 5.97 Å². The molecule has 0 aromatic carbocycles. The maximum Gasteiger partial charge on any atom is 0.303 e. The predicted molar refractivity (Wildman–Crippen MR) is 55.0 cm³/mol. The van der Waals surface area contributed by atoms with Crippen molar-refractivity contribution in [3.8, 4) is 0 Å². The number of ether oxygens (including phenoxy) is 3. The fourth-order valence-corrected chi connectivity index (χ4v) is 1.14. The smallest absolute Gasteiger partial charge is 0.303 e. The predicted octanol–water partition coefficient (Wildman–Crippen LogP) is 0.919. The van der Waals surface area contributed by atoms with E-state index >= 15 is 0 Å². The van der Waals surface area contributed by atoms with Gasteiger partial charge in [-0.3, -0.25) is 4.79 Å². The van der Waals surface area contributed by atoms with Crippen molar-refractivity contribution in [1.82, 2.24) is 0 Å². The summed E-state index contributed by atoms with van der Waals surface area (Å²) >= 11 is 0. The van der Waals surface area contributed by atoms with Crippen LogP contribution in [0.1, 0.15) is 19.3 Å². The molecule has 0 saturated heterocycles. The number of methoxy groups -OCH3 is 2. The van der Waals surface area contributed by atoms with Gasteiger partial charge in [0.15, 0.2) is 0 Å². The second-order valence-corrected chi connectivity index (χ2v) is 3.25. The highest BCUT2D eigenvalue weighted by Gasteiger charge is 2.07. The molecule has 15 heavy (non-hydrogen) atoms. The van der Waals surface area contributed by atoms with Gasteiger partial charge in [-0.05, 0) is 12.8 Å². The van der Waals surface area contributed by atoms with Crippen LogP contribution in [-0.2, 0) is 19.0 Å². The van der Waals surface area contributed by atoms with Gasteiger partial charge in [0.1, 0.15) is 6.10 Å². The molecule has 0 saturated carbocycles. The van der Waals surface area contributed by atoms with E-state index in [9.17, 15) is 4.79 Å². The third kappa shape index (κ3) is 9.65. The van der Waals surface area contributed by atoms with E-state index in [2.05, 4.69) is 0 Å². The lowest BCUT2D eigenvalue weighted by atomic mass is 10.2. The number of carbonyl (C=O) groups is 1. The molecule has 0 aliphatic heterocycles. The highest BCUT2D eigenvalue weighted by Crippen LogP contribution is 2.00. The lowest BCUT2D eigenvalue weighted by Gasteiger charge is -2.15. The van der Waals surface area contributed by atoms with Gasteiger partial charge >= 0.3 is 5.97 Å². The number of carboxylic acids is 1. The van der Waals surface area contributed by atoms with Crippen LogP contribution in [-0.4, -0.2) is 51.2 Å². The molecule has 0 amide bonds. The Morgan fingerprint density at radius 2 is 1.80 bits per heavy atom. The van der Waals surface area contributed by atoms with Gasteiger partial charge in [0.05, 0.1) is 13.2 Å². The monoisotopic (exact) mass is 220 g/mol. The molecule has 0 aliphatic rings. The summed E-state index contributed by atoms with van der Waals surface area (Å²) in [6.07, 6.45) is 1.52. The fourth-order valence-electron chi connectivity index (χ4n) is 1.14. The summed E-state index contributed by atoms with van der Waals surface area (Å²) in [7, 11) is 3.22. The number of unbranched alkanes of at least 4 members (excludes halogenated alkanes) is 1. The van der Waals surface area contributed by atoms with Crippen molar-refractivity contribution in [2.24, 2.45) is 0 Å². The number of aliphatic carboxylic acids is 1. The van der Waals surface area contributed by atoms with Crippen LogP contribution >= 0.6 is 0 Å². The Morgan fingerprint density at radius 3 is 2.27 bits per heavy atom. The number of rotatable bonds is 10. The fraction of sp³-hybridized carbons (Fsp3) is 0.900. The van der Waals surface area contributed by atoms with Crippen LogP contribution in [0.5, 0.6) is 0 Å². The lowest BCUT2D eigenvalue weighted by molar-refractivity contribution is -0.137. The van der Waals surface area contributed by atoms with Gasteiger partial charge in [-0.2, -0.15) is 0 Å². The minimum Gasteiger partial charge on any atom is -0.481 e. The van der Waals surface area contributed by atoms with Gasteiger partial charge in [0, 0.05) is 27.2 Å². The minimum absolute atomic E-state index is 0.0650. The summed E-state index contributed by atoms with van der Waals surface area (Å²) in [6, 6.07) is 0. The molecule has 0 radical (unpaired) electrons. The van der Waals surface area contributed by atoms with E-state index in [1.165, 1.54) is 0 Å². The van der Waals surface area contributed by atoms with E-state index in [0.717, 1.165) is 6.42 Å². The number of carboxylic acid groups (broad SMARTS) is 1. The van der Waals surface area contributed by atoms with Crippen molar-refractivity contribution in [1.29, 1.82) is 0 Å². The molecule has 0 fully saturated rings. The van der Waals surface area contributed by atoms with Gasteiger partial charge in [-0.1, -0.05) is 0 Å². The van der Waals surface area contributed by atoms with E-state index in [0.29, 0.717) is 26.2 Å². The zero-order chi connectivity index (χ0) is 11.5. The first-order valence-electron chi connectivity index (χ1n) is 5.02. The molecule has 0 bridgehead atoms. The summed E-state index contributed by atoms with van der Waals surface area (Å²) in [5, 5.41) is 8.41. The van der Waals surface area contributed by atoms with E-state index in [1.54, 1.807) is 14.2 Å². The van der Waals surface area contributed by atoms with Crippen LogP contribution in [0.4, 0.5) is 0 Å². The Morgan fingerprint density at radius 1 is 1.20 bits per heavy atom. The van der Waals surface area contributed by atoms with Crippen molar-refractivity contribution >= 4 is 5.97 Å². The summed E-state index contributed by atoms with van der Waals surface area (Å²) in [5.41, 5.74) is 0. The summed E-state index contributed by atoms with van der Waals surface area (Å²) in [6.45, 7) is 1.53. The highest BCUT2D eigenvalue weighted by molar-refractivity contribution is 5.66. The summed E-state index contributed by atoms with van der Waals surface area (Å²) in [5.74, 6) is -0.764. The van der Waals surface area contributed by atoms with Crippen molar-refractivity contribution in [3.63, 3.8) is 0 Å².